The van der Waals surface area contributed by atoms with Crippen LogP contribution in [0.1, 0.15) is 98.9 Å². The van der Waals surface area contributed by atoms with Crippen molar-refractivity contribution in [1.82, 2.24) is 4.98 Å². The monoisotopic (exact) mass is 1300 g/mol. The third-order valence-electron chi connectivity index (χ3n) is 23.1. The number of aromatic nitrogens is 4. The molecule has 0 amide bonds. The summed E-state index contributed by atoms with van der Waals surface area (Å²) in [5.41, 5.74) is 49.7. The van der Waals surface area contributed by atoms with Gasteiger partial charge >= 0.3 is 0 Å². The van der Waals surface area contributed by atoms with Gasteiger partial charge in [-0.3, -0.25) is 4.98 Å². The lowest BCUT2D eigenvalue weighted by Crippen LogP contribution is -2.33. The van der Waals surface area contributed by atoms with Crippen molar-refractivity contribution in [2.24, 2.45) is 26.6 Å². The van der Waals surface area contributed by atoms with Gasteiger partial charge in [0.1, 0.15) is 21.1 Å². The van der Waals surface area contributed by atoms with E-state index in [0.29, 0.717) is 0 Å². The first-order valence-electron chi connectivity index (χ1n) is 35.9. The maximum Gasteiger partial charge on any atom is 0.214 e. The van der Waals surface area contributed by atoms with Crippen molar-refractivity contribution in [3.8, 4) is 112 Å². The number of rotatable bonds is 4. The minimum Gasteiger partial charge on any atom is -0.257 e. The molecular weight excluding hydrogens is 1210 g/mol. The first kappa shape index (κ1) is 62.8. The average molecular weight is 1300 g/mol. The molecule has 4 aliphatic carbocycles. The summed E-state index contributed by atoms with van der Waals surface area (Å²) in [4.78, 5) is 4.87. The van der Waals surface area contributed by atoms with Crippen LogP contribution >= 0.6 is 0 Å². The van der Waals surface area contributed by atoms with Crippen molar-refractivity contribution in [1.29, 1.82) is 0 Å². The second-order valence-electron chi connectivity index (χ2n) is 30.8. The predicted octanol–water partition coefficient (Wildman–Crippen LogP) is 23.2. The van der Waals surface area contributed by atoms with E-state index in [0.717, 1.165) is 18.5 Å². The van der Waals surface area contributed by atoms with Crippen molar-refractivity contribution in [2.75, 3.05) is 0 Å². The molecule has 0 saturated heterocycles. The van der Waals surface area contributed by atoms with Crippen LogP contribution in [0.2, 0.25) is 0 Å². The van der Waals surface area contributed by atoms with Crippen LogP contribution in [-0.2, 0) is 34.0 Å². The fraction of sp³-hybridized carbons (Fsp3) is 0.208. The normalized spacial score (nSPS) is 12.4. The molecule has 15 aromatic rings. The summed E-state index contributed by atoms with van der Waals surface area (Å²) >= 11 is 0. The summed E-state index contributed by atoms with van der Waals surface area (Å²) < 4.78 is 7.20. The van der Waals surface area contributed by atoms with Crippen LogP contribution in [0, 0.1) is 81.6 Å². The van der Waals surface area contributed by atoms with Crippen molar-refractivity contribution in [3.05, 3.63) is 272 Å². The summed E-state index contributed by atoms with van der Waals surface area (Å²) in [6.07, 6.45) is 1.95. The highest BCUT2D eigenvalue weighted by Gasteiger charge is 2.35. The van der Waals surface area contributed by atoms with E-state index >= 15 is 0 Å². The molecule has 4 aromatic heterocycles. The van der Waals surface area contributed by atoms with Crippen molar-refractivity contribution in [2.45, 2.75) is 110 Å². The molecule has 0 aliphatic heterocycles. The van der Waals surface area contributed by atoms with E-state index < -0.39 is 0 Å². The van der Waals surface area contributed by atoms with Gasteiger partial charge in [0, 0.05) is 70.8 Å². The molecule has 19 rings (SSSR count). The topological polar surface area (TPSA) is 24.5 Å². The van der Waals surface area contributed by atoms with Gasteiger partial charge in [0.2, 0.25) is 33.6 Å². The van der Waals surface area contributed by atoms with E-state index in [2.05, 4.69) is 326 Å². The fourth-order valence-electron chi connectivity index (χ4n) is 18.5. The Bertz CT molecular complexity index is 6150. The average Bonchev–Trinajstić information content (AvgIpc) is 1.52. The third kappa shape index (κ3) is 9.53. The summed E-state index contributed by atoms with van der Waals surface area (Å²) in [5.74, 6) is 0. The Morgan fingerprint density at radius 3 is 1.36 bits per heavy atom. The molecule has 0 spiro atoms. The lowest BCUT2D eigenvalue weighted by atomic mass is 9.84. The molecular formula is C96H87N4+3. The summed E-state index contributed by atoms with van der Waals surface area (Å²) in [6, 6.07) is 72.8. The van der Waals surface area contributed by atoms with Gasteiger partial charge in [-0.05, 0) is 261 Å². The van der Waals surface area contributed by atoms with Gasteiger partial charge in [0.15, 0.2) is 0 Å². The van der Waals surface area contributed by atoms with Crippen molar-refractivity contribution < 1.29 is 13.7 Å². The summed E-state index contributed by atoms with van der Waals surface area (Å²) in [7, 11) is 6.67. The van der Waals surface area contributed by atoms with E-state index in [1.807, 2.05) is 0 Å². The molecule has 0 saturated carbocycles. The van der Waals surface area contributed by atoms with Gasteiger partial charge in [-0.25, -0.2) is 0 Å². The Kier molecular flexibility index (Phi) is 14.4. The lowest BCUT2D eigenvalue weighted by molar-refractivity contribution is -0.633. The SMILES string of the molecule is Cc1cc(C)c2c(C)cc(-c3cc4c(c(C)c3C)-c3cccc5cccc-4c35)[n+](C)c2c1.Cc1cc(C)c2c(CC(C)(C)C)cc(-c3cc4c(c(C)c3C)-c3cccc5cccc-4c35)[n+](C)c2c1.Cc1ccc2c(n1)Cc1c-2ccc(C)c1-c1cc2c3c(cccc3[n+]1C)-c1ccccc1-2. The quantitative estimate of drug-likeness (QED) is 0.161. The number of aryl methyl sites for hydroxylation is 10. The van der Waals surface area contributed by atoms with Crippen LogP contribution < -0.4 is 13.7 Å². The van der Waals surface area contributed by atoms with Gasteiger partial charge in [0.05, 0.1) is 27.4 Å². The van der Waals surface area contributed by atoms with Gasteiger partial charge < -0.3 is 0 Å². The van der Waals surface area contributed by atoms with Crippen molar-refractivity contribution >= 4 is 54.3 Å². The third-order valence-corrected chi connectivity index (χ3v) is 23.1. The highest BCUT2D eigenvalue weighted by Crippen LogP contribution is 2.54. The van der Waals surface area contributed by atoms with Gasteiger partial charge in [-0.2, -0.15) is 13.7 Å². The summed E-state index contributed by atoms with van der Waals surface area (Å²) in [5, 5.41) is 9.60. The lowest BCUT2D eigenvalue weighted by Gasteiger charge is -2.21. The van der Waals surface area contributed by atoms with Gasteiger partial charge in [-0.15, -0.1) is 0 Å². The molecule has 4 aliphatic rings. The molecule has 0 fully saturated rings. The number of nitrogens with zero attached hydrogens (tertiary/aromatic N) is 4. The molecule has 0 atom stereocenters. The zero-order chi connectivity index (χ0) is 69.4. The van der Waals surface area contributed by atoms with Crippen LogP contribution in [0.3, 0.4) is 0 Å². The number of pyridine rings is 4. The molecule has 0 radical (unpaired) electrons. The predicted molar refractivity (Wildman–Crippen MR) is 421 cm³/mol. The molecule has 0 bridgehead atoms. The van der Waals surface area contributed by atoms with Gasteiger partial charge in [0.25, 0.3) is 0 Å². The maximum atomic E-state index is 4.87. The number of fused-ring (bicyclic) bond motifs is 14. The molecule has 100 heavy (non-hydrogen) atoms. The van der Waals surface area contributed by atoms with Crippen LogP contribution in [0.4, 0.5) is 0 Å². The molecule has 488 valence electrons. The number of hydrogen-bond donors (Lipinski definition) is 0. The summed E-state index contributed by atoms with van der Waals surface area (Å²) in [6.45, 7) is 31.7. The Hall–Kier alpha value is -10.7. The van der Waals surface area contributed by atoms with Crippen LogP contribution in [-0.4, -0.2) is 4.98 Å². The second kappa shape index (κ2) is 22.9. The Labute approximate surface area is 589 Å². The first-order valence-corrected chi connectivity index (χ1v) is 35.9. The highest BCUT2D eigenvalue weighted by molar-refractivity contribution is 6.18. The number of hydrogen-bond acceptors (Lipinski definition) is 1. The van der Waals surface area contributed by atoms with Gasteiger partial charge in [-0.1, -0.05) is 160 Å². The maximum absolute atomic E-state index is 4.87. The van der Waals surface area contributed by atoms with Crippen LogP contribution in [0.5, 0.6) is 0 Å². The highest BCUT2D eigenvalue weighted by atomic mass is 15.0. The minimum absolute atomic E-state index is 0.210. The van der Waals surface area contributed by atoms with Crippen LogP contribution in [0.25, 0.3) is 166 Å². The first-order chi connectivity index (χ1) is 48.0. The van der Waals surface area contributed by atoms with Crippen molar-refractivity contribution in [3.63, 3.8) is 0 Å². The Morgan fingerprint density at radius 2 is 0.790 bits per heavy atom. The van der Waals surface area contributed by atoms with Crippen LogP contribution in [0.15, 0.2) is 194 Å². The van der Waals surface area contributed by atoms with E-state index in [1.54, 1.807) is 0 Å². The zero-order valence-electron chi connectivity index (χ0n) is 61.2. The molecule has 4 nitrogen and oxygen atoms in total. The minimum atomic E-state index is 0.210. The van der Waals surface area contributed by atoms with E-state index in [1.165, 1.54) is 238 Å². The number of benzene rings is 11. The van der Waals surface area contributed by atoms with E-state index in [4.69, 9.17) is 4.98 Å². The van der Waals surface area contributed by atoms with E-state index in [9.17, 15) is 0 Å². The molecule has 11 aromatic carbocycles. The van der Waals surface area contributed by atoms with E-state index in [-0.39, 0.29) is 5.41 Å². The Morgan fingerprint density at radius 1 is 0.320 bits per heavy atom. The fourth-order valence-corrected chi connectivity index (χ4v) is 18.5. The Balaban J connectivity index is 0.000000112. The second-order valence-corrected chi connectivity index (χ2v) is 30.8. The zero-order valence-corrected chi connectivity index (χ0v) is 61.2. The smallest absolute Gasteiger partial charge is 0.214 e. The molecule has 4 heterocycles. The largest absolute Gasteiger partial charge is 0.257 e. The molecule has 0 unspecified atom stereocenters. The molecule has 4 heteroatoms. The molecule has 0 N–H and O–H groups in total. The standard InChI is InChI=1S/C35H36N.C31H28N.C30H23N2/c1-20-15-21(2)32-25(19-35(5,6)7)17-30(36(8)31(32)16-20)28-18-29-26-13-9-11-24-12-10-14-27(34(24)26)33(29)23(4)22(28)3;1-17-13-18(2)29-19(3)15-27(32(6)28(29)14-17)25-16-26-23-11-7-9-22-10-8-12-24(31(22)23)30(26)21(5)20(25)4;1-17-11-13-21-22-14-12-18(2)31-26(22)15-24(21)29(17)28-16-25-20-8-5-4-7-19(20)23-9-6-10-27(30(23)25)32(28)3/h9-18H,19H2,1-8H3;7-16H,1-6H3;4-14,16H,15H2,1-3H3/q3*+1.